The van der Waals surface area contributed by atoms with Gasteiger partial charge in [-0.25, -0.2) is 0 Å². The third kappa shape index (κ3) is 5.25. The Kier molecular flexibility index (Phi) is 7.71. The van der Waals surface area contributed by atoms with Gasteiger partial charge in [-0.05, 0) is 25.1 Å². The van der Waals surface area contributed by atoms with Crippen LogP contribution in [0.3, 0.4) is 0 Å². The zero-order valence-electron chi connectivity index (χ0n) is 21.3. The Morgan fingerprint density at radius 1 is 0.829 bits per heavy atom. The Bertz CT molecular complexity index is 1490. The first-order valence-corrected chi connectivity index (χ1v) is 12.4. The van der Waals surface area contributed by atoms with E-state index in [0.29, 0.717) is 0 Å². The maximum atomic E-state index is 13.7. The molecule has 0 spiro atoms. The van der Waals surface area contributed by atoms with Crippen LogP contribution in [0, 0.1) is 0 Å². The Morgan fingerprint density at radius 2 is 1.56 bits per heavy atom. The van der Waals surface area contributed by atoms with E-state index in [1.54, 1.807) is 0 Å². The van der Waals surface area contributed by atoms with E-state index in [1.165, 1.54) is 13.0 Å². The molecule has 0 bridgehead atoms. The van der Waals surface area contributed by atoms with E-state index in [2.05, 4.69) is 0 Å². The van der Waals surface area contributed by atoms with Crippen molar-refractivity contribution in [3.05, 3.63) is 40.6 Å². The molecule has 2 fully saturated rings. The summed E-state index contributed by atoms with van der Waals surface area (Å²) in [5, 5.41) is 91.1. The number of rotatable bonds is 5. The van der Waals surface area contributed by atoms with Crippen molar-refractivity contribution in [2.24, 2.45) is 0 Å². The lowest BCUT2D eigenvalue weighted by Crippen LogP contribution is -2.62. The molecule has 3 aromatic rings. The summed E-state index contributed by atoms with van der Waals surface area (Å²) in [4.78, 5) is 13.7. The number of ether oxygens (including phenoxy) is 4. The second kappa shape index (κ2) is 11.0. The van der Waals surface area contributed by atoms with Crippen LogP contribution >= 0.6 is 0 Å². The first-order valence-electron chi connectivity index (χ1n) is 12.4. The van der Waals surface area contributed by atoms with Crippen LogP contribution in [0.1, 0.15) is 6.92 Å². The molecular weight excluding hydrogens is 552 g/mol. The molecule has 2 aromatic carbocycles. The predicted octanol–water partition coefficient (Wildman–Crippen LogP) is -1.05. The number of fused-ring (bicyclic) bond motifs is 1. The number of aliphatic hydroxyl groups is 5. The van der Waals surface area contributed by atoms with Gasteiger partial charge in [0.05, 0.1) is 12.7 Å². The number of hydrogen-bond donors (Lipinski definition) is 9. The SMILES string of the molecule is C[C@@H]1O[C@@H](Oc2c(-c3ccc(O)c(O)c3)oc3cc(O)cc(O)c3c2=O)[C@H](O[C@@H]2OC[C@H](O)[C@H](O)[C@H]2O)[C@H](O)[C@H]1O. The van der Waals surface area contributed by atoms with Crippen LogP contribution in [-0.4, -0.2) is 108 Å². The Morgan fingerprint density at radius 3 is 2.27 bits per heavy atom. The topological polar surface area (TPSA) is 249 Å². The van der Waals surface area contributed by atoms with Crippen LogP contribution in [0.25, 0.3) is 22.3 Å². The van der Waals surface area contributed by atoms with Crippen molar-refractivity contribution in [2.75, 3.05) is 6.61 Å². The van der Waals surface area contributed by atoms with Gasteiger partial charge in [-0.15, -0.1) is 0 Å². The van der Waals surface area contributed by atoms with E-state index < -0.39 is 101 Å². The first-order chi connectivity index (χ1) is 19.4. The van der Waals surface area contributed by atoms with E-state index in [0.717, 1.165) is 24.3 Å². The lowest BCUT2D eigenvalue weighted by molar-refractivity contribution is -0.341. The maximum Gasteiger partial charge on any atom is 0.239 e. The summed E-state index contributed by atoms with van der Waals surface area (Å²) in [6.45, 7) is 0.953. The summed E-state index contributed by atoms with van der Waals surface area (Å²) in [6, 6.07) is 5.36. The van der Waals surface area contributed by atoms with Crippen LogP contribution in [0.15, 0.2) is 39.5 Å². The van der Waals surface area contributed by atoms with Gasteiger partial charge in [0.15, 0.2) is 29.7 Å². The van der Waals surface area contributed by atoms with E-state index in [1.807, 2.05) is 0 Å². The molecule has 9 atom stereocenters. The average Bonchev–Trinajstić information content (AvgIpc) is 2.92. The third-order valence-electron chi connectivity index (χ3n) is 6.92. The molecule has 3 heterocycles. The molecule has 15 heteroatoms. The molecule has 2 saturated heterocycles. The van der Waals surface area contributed by atoms with Gasteiger partial charge >= 0.3 is 0 Å². The first kappa shape index (κ1) is 28.8. The van der Waals surface area contributed by atoms with Crippen LogP contribution in [0.4, 0.5) is 0 Å². The average molecular weight is 580 g/mol. The molecule has 5 rings (SSSR count). The zero-order chi connectivity index (χ0) is 29.7. The number of aliphatic hydroxyl groups excluding tert-OH is 5. The fourth-order valence-electron chi connectivity index (χ4n) is 4.64. The standard InChI is InChI=1S/C26H28O15/c1-8-17(32)20(35)24(41-25-21(36)18(33)14(31)7-37-25)26(38-8)40-23-19(34)16-13(30)5-10(27)6-15(16)39-22(23)9-2-3-11(28)12(29)4-9/h2-6,8,14,17-18,20-21,24-33,35-36H,7H2,1H3/t8-,14-,17-,18-,20+,21+,24+,25-,26-/m0/s1. The van der Waals surface area contributed by atoms with Gasteiger partial charge in [-0.3, -0.25) is 4.79 Å². The van der Waals surface area contributed by atoms with Crippen molar-refractivity contribution in [1.29, 1.82) is 0 Å². The van der Waals surface area contributed by atoms with E-state index in [-0.39, 0.29) is 16.9 Å². The minimum atomic E-state index is -1.78. The van der Waals surface area contributed by atoms with Crippen molar-refractivity contribution in [3.8, 4) is 40.1 Å². The zero-order valence-corrected chi connectivity index (χ0v) is 21.3. The highest BCUT2D eigenvalue weighted by atomic mass is 16.8. The Hall–Kier alpha value is -3.67. The largest absolute Gasteiger partial charge is 0.508 e. The second-order valence-electron chi connectivity index (χ2n) is 9.79. The highest BCUT2D eigenvalue weighted by molar-refractivity contribution is 5.88. The molecule has 0 saturated carbocycles. The predicted molar refractivity (Wildman–Crippen MR) is 134 cm³/mol. The molecule has 1 aromatic heterocycles. The van der Waals surface area contributed by atoms with E-state index in [9.17, 15) is 50.8 Å². The van der Waals surface area contributed by atoms with Gasteiger partial charge in [0.25, 0.3) is 0 Å². The fraction of sp³-hybridized carbons (Fsp3) is 0.423. The van der Waals surface area contributed by atoms with Gasteiger partial charge in [0, 0.05) is 17.7 Å². The number of aromatic hydroxyl groups is 4. The van der Waals surface area contributed by atoms with E-state index in [4.69, 9.17) is 23.4 Å². The molecule has 15 nitrogen and oxygen atoms in total. The minimum absolute atomic E-state index is 0.00203. The third-order valence-corrected chi connectivity index (χ3v) is 6.92. The quantitative estimate of drug-likeness (QED) is 0.163. The highest BCUT2D eigenvalue weighted by Gasteiger charge is 2.49. The lowest BCUT2D eigenvalue weighted by atomic mass is 9.99. The maximum absolute atomic E-state index is 13.7. The summed E-state index contributed by atoms with van der Waals surface area (Å²) in [5.74, 6) is -3.14. The highest BCUT2D eigenvalue weighted by Crippen LogP contribution is 2.39. The van der Waals surface area contributed by atoms with Gasteiger partial charge in [-0.2, -0.15) is 0 Å². The molecule has 0 amide bonds. The Labute approximate surface area is 230 Å². The summed E-state index contributed by atoms with van der Waals surface area (Å²) >= 11 is 0. The van der Waals surface area contributed by atoms with Crippen LogP contribution in [0.5, 0.6) is 28.7 Å². The molecule has 41 heavy (non-hydrogen) atoms. The molecule has 0 radical (unpaired) electrons. The number of phenols is 4. The molecule has 2 aliphatic rings. The monoisotopic (exact) mass is 580 g/mol. The molecule has 0 aliphatic carbocycles. The normalized spacial score (nSPS) is 32.2. The van der Waals surface area contributed by atoms with E-state index >= 15 is 0 Å². The fourth-order valence-corrected chi connectivity index (χ4v) is 4.64. The molecule has 2 aliphatic heterocycles. The van der Waals surface area contributed by atoms with Gasteiger partial charge in [0.2, 0.25) is 17.5 Å². The number of phenolic OH excluding ortho intramolecular Hbond substituents is 4. The van der Waals surface area contributed by atoms with Crippen LogP contribution in [-0.2, 0) is 14.2 Å². The smallest absolute Gasteiger partial charge is 0.239 e. The summed E-state index contributed by atoms with van der Waals surface area (Å²) in [7, 11) is 0. The number of benzene rings is 2. The van der Waals surface area contributed by atoms with Gasteiger partial charge < -0.3 is 69.3 Å². The second-order valence-corrected chi connectivity index (χ2v) is 9.79. The van der Waals surface area contributed by atoms with Crippen molar-refractivity contribution < 1.29 is 69.3 Å². The summed E-state index contributed by atoms with van der Waals surface area (Å²) < 4.78 is 28.2. The van der Waals surface area contributed by atoms with Crippen molar-refractivity contribution in [2.45, 2.75) is 62.2 Å². The lowest BCUT2D eigenvalue weighted by Gasteiger charge is -2.44. The Balaban J connectivity index is 1.61. The number of hydrogen-bond acceptors (Lipinski definition) is 15. The summed E-state index contributed by atoms with van der Waals surface area (Å²) in [5.41, 5.74) is -1.24. The molecule has 0 unspecified atom stereocenters. The van der Waals surface area contributed by atoms with Crippen molar-refractivity contribution in [1.82, 2.24) is 0 Å². The van der Waals surface area contributed by atoms with Crippen LogP contribution < -0.4 is 10.2 Å². The van der Waals surface area contributed by atoms with Crippen LogP contribution in [0.2, 0.25) is 0 Å². The molecular formula is C26H28O15. The van der Waals surface area contributed by atoms with Crippen molar-refractivity contribution >= 4 is 11.0 Å². The summed E-state index contributed by atoms with van der Waals surface area (Å²) in [6.07, 6.45) is -14.3. The molecule has 222 valence electrons. The van der Waals surface area contributed by atoms with Gasteiger partial charge in [-0.1, -0.05) is 0 Å². The van der Waals surface area contributed by atoms with Crippen molar-refractivity contribution in [3.63, 3.8) is 0 Å². The minimum Gasteiger partial charge on any atom is -0.508 e. The molecule has 9 N–H and O–H groups in total. The van der Waals surface area contributed by atoms with Gasteiger partial charge in [0.1, 0.15) is 53.0 Å².